The predicted molar refractivity (Wildman–Crippen MR) is 81.4 cm³/mol. The van der Waals surface area contributed by atoms with Crippen molar-refractivity contribution in [1.82, 2.24) is 5.32 Å². The van der Waals surface area contributed by atoms with Gasteiger partial charge < -0.3 is 10.1 Å². The fourth-order valence-electron chi connectivity index (χ4n) is 2.57. The van der Waals surface area contributed by atoms with Crippen LogP contribution in [0.5, 0.6) is 0 Å². The van der Waals surface area contributed by atoms with Crippen LogP contribution >= 0.6 is 0 Å². The Morgan fingerprint density at radius 1 is 1.30 bits per heavy atom. The maximum Gasteiger partial charge on any atom is 0.330 e. The van der Waals surface area contributed by atoms with Crippen molar-refractivity contribution in [3.63, 3.8) is 0 Å². The number of aryl methyl sites for hydroxylation is 1. The Morgan fingerprint density at radius 3 is 2.65 bits per heavy atom. The van der Waals surface area contributed by atoms with Crippen LogP contribution in [0.15, 0.2) is 30.3 Å². The van der Waals surface area contributed by atoms with E-state index in [-0.39, 0.29) is 5.97 Å². The molecule has 1 N–H and O–H groups in total. The molecule has 0 aromatic heterocycles. The van der Waals surface area contributed by atoms with Gasteiger partial charge in [0.05, 0.1) is 7.11 Å². The van der Waals surface area contributed by atoms with Gasteiger partial charge in [-0.05, 0) is 61.9 Å². The average Bonchev–Trinajstić information content (AvgIpc) is 2.52. The Kier molecular flexibility index (Phi) is 5.81. The lowest BCUT2D eigenvalue weighted by atomic mass is 9.91. The van der Waals surface area contributed by atoms with Gasteiger partial charge in [-0.1, -0.05) is 24.3 Å². The minimum Gasteiger partial charge on any atom is -0.466 e. The molecule has 0 atom stereocenters. The zero-order chi connectivity index (χ0) is 14.2. The van der Waals surface area contributed by atoms with Crippen molar-refractivity contribution in [2.24, 2.45) is 5.92 Å². The summed E-state index contributed by atoms with van der Waals surface area (Å²) in [5.41, 5.74) is 2.40. The lowest BCUT2D eigenvalue weighted by Crippen LogP contribution is -2.27. The summed E-state index contributed by atoms with van der Waals surface area (Å²) < 4.78 is 4.57. The fourth-order valence-corrected chi connectivity index (χ4v) is 2.57. The second-order valence-electron chi connectivity index (χ2n) is 5.33. The molecule has 108 valence electrons. The molecule has 0 bridgehead atoms. The molecule has 0 unspecified atom stereocenters. The molecule has 0 radical (unpaired) electrons. The molecule has 1 aliphatic rings. The summed E-state index contributed by atoms with van der Waals surface area (Å²) in [6.45, 7) is 2.34. The maximum absolute atomic E-state index is 11.0. The number of nitrogens with one attached hydrogen (secondary N) is 1. The molecule has 0 saturated carbocycles. The topological polar surface area (TPSA) is 38.3 Å². The highest BCUT2D eigenvalue weighted by atomic mass is 16.5. The van der Waals surface area contributed by atoms with Crippen LogP contribution in [0.1, 0.15) is 30.4 Å². The van der Waals surface area contributed by atoms with E-state index < -0.39 is 0 Å². The summed E-state index contributed by atoms with van der Waals surface area (Å²) in [7, 11) is 1.39. The van der Waals surface area contributed by atoms with Gasteiger partial charge in [-0.3, -0.25) is 0 Å². The molecule has 1 saturated heterocycles. The quantitative estimate of drug-likeness (QED) is 0.662. The van der Waals surface area contributed by atoms with Crippen molar-refractivity contribution in [2.45, 2.75) is 25.7 Å². The summed E-state index contributed by atoms with van der Waals surface area (Å²) in [5, 5.41) is 3.40. The fraction of sp³-hybridized carbons (Fsp3) is 0.471. The van der Waals surface area contributed by atoms with Crippen LogP contribution in [0, 0.1) is 5.92 Å². The molecular weight excluding hydrogens is 250 g/mol. The van der Waals surface area contributed by atoms with Gasteiger partial charge in [0.1, 0.15) is 0 Å². The van der Waals surface area contributed by atoms with Gasteiger partial charge in [0.2, 0.25) is 0 Å². The number of esters is 1. The highest BCUT2D eigenvalue weighted by Gasteiger charge is 2.12. The molecule has 0 spiro atoms. The smallest absolute Gasteiger partial charge is 0.330 e. The summed E-state index contributed by atoms with van der Waals surface area (Å²) in [4.78, 5) is 11.0. The lowest BCUT2D eigenvalue weighted by Gasteiger charge is -2.22. The lowest BCUT2D eigenvalue weighted by molar-refractivity contribution is -0.134. The summed E-state index contributed by atoms with van der Waals surface area (Å²) in [5.74, 6) is 0.551. The van der Waals surface area contributed by atoms with E-state index in [0.29, 0.717) is 0 Å². The number of benzene rings is 1. The van der Waals surface area contributed by atoms with Crippen LogP contribution in [0.4, 0.5) is 0 Å². The van der Waals surface area contributed by atoms with Crippen LogP contribution in [-0.2, 0) is 16.0 Å². The molecule has 3 heteroatoms. The first-order valence-electron chi connectivity index (χ1n) is 7.33. The van der Waals surface area contributed by atoms with Crippen LogP contribution in [0.2, 0.25) is 0 Å². The zero-order valence-electron chi connectivity index (χ0n) is 12.1. The Labute approximate surface area is 121 Å². The standard InChI is InChI=1S/C17H23NO2/c1-20-17(19)9-8-15-4-2-14(3-5-15)6-7-16-10-12-18-13-11-16/h2-5,8-9,16,18H,6-7,10-13H2,1H3/b9-8+. The van der Waals surface area contributed by atoms with Gasteiger partial charge in [-0.15, -0.1) is 0 Å². The van der Waals surface area contributed by atoms with Crippen molar-refractivity contribution in [3.05, 3.63) is 41.5 Å². The summed E-state index contributed by atoms with van der Waals surface area (Å²) >= 11 is 0. The number of rotatable bonds is 5. The Balaban J connectivity index is 1.81. The van der Waals surface area contributed by atoms with E-state index >= 15 is 0 Å². The van der Waals surface area contributed by atoms with Crippen LogP contribution in [-0.4, -0.2) is 26.2 Å². The van der Waals surface area contributed by atoms with Crippen LogP contribution in [0.3, 0.4) is 0 Å². The third-order valence-electron chi connectivity index (χ3n) is 3.89. The van der Waals surface area contributed by atoms with E-state index in [1.165, 1.54) is 51.1 Å². The van der Waals surface area contributed by atoms with Gasteiger partial charge in [0.25, 0.3) is 0 Å². The normalized spacial score (nSPS) is 16.4. The third kappa shape index (κ3) is 4.82. The maximum atomic E-state index is 11.0. The van der Waals surface area contributed by atoms with E-state index in [1.807, 2.05) is 0 Å². The van der Waals surface area contributed by atoms with E-state index in [9.17, 15) is 4.79 Å². The number of carbonyl (C=O) groups is 1. The Bertz CT molecular complexity index is 445. The highest BCUT2D eigenvalue weighted by molar-refractivity contribution is 5.86. The van der Waals surface area contributed by atoms with Gasteiger partial charge >= 0.3 is 5.97 Å². The van der Waals surface area contributed by atoms with Crippen molar-refractivity contribution >= 4 is 12.0 Å². The molecule has 20 heavy (non-hydrogen) atoms. The Morgan fingerprint density at radius 2 is 2.00 bits per heavy atom. The number of hydrogen-bond acceptors (Lipinski definition) is 3. The summed E-state index contributed by atoms with van der Waals surface area (Å²) in [6, 6.07) is 8.41. The second kappa shape index (κ2) is 7.85. The first kappa shape index (κ1) is 14.8. The molecule has 1 fully saturated rings. The largest absolute Gasteiger partial charge is 0.466 e. The average molecular weight is 273 g/mol. The number of piperidine rings is 1. The molecular formula is C17H23NO2. The molecule has 0 aliphatic carbocycles. The van der Waals surface area contributed by atoms with E-state index in [4.69, 9.17) is 0 Å². The van der Waals surface area contributed by atoms with Gasteiger partial charge in [-0.25, -0.2) is 4.79 Å². The molecule has 1 aliphatic heterocycles. The van der Waals surface area contributed by atoms with E-state index in [1.54, 1.807) is 6.08 Å². The van der Waals surface area contributed by atoms with Gasteiger partial charge in [-0.2, -0.15) is 0 Å². The van der Waals surface area contributed by atoms with Crippen molar-refractivity contribution in [3.8, 4) is 0 Å². The zero-order valence-corrected chi connectivity index (χ0v) is 12.1. The predicted octanol–water partition coefficient (Wildman–Crippen LogP) is 2.81. The number of methoxy groups -OCH3 is 1. The van der Waals surface area contributed by atoms with E-state index in [2.05, 4.69) is 34.3 Å². The Hall–Kier alpha value is -1.61. The number of carbonyl (C=O) groups excluding carboxylic acids is 1. The van der Waals surface area contributed by atoms with Gasteiger partial charge in [0.15, 0.2) is 0 Å². The molecule has 1 aromatic rings. The molecule has 3 nitrogen and oxygen atoms in total. The second-order valence-corrected chi connectivity index (χ2v) is 5.33. The third-order valence-corrected chi connectivity index (χ3v) is 3.89. The van der Waals surface area contributed by atoms with Crippen LogP contribution in [0.25, 0.3) is 6.08 Å². The minimum atomic E-state index is -0.319. The first-order chi connectivity index (χ1) is 9.78. The monoisotopic (exact) mass is 273 g/mol. The molecule has 0 amide bonds. The SMILES string of the molecule is COC(=O)/C=C/c1ccc(CCC2CCNCC2)cc1. The van der Waals surface area contributed by atoms with Crippen molar-refractivity contribution < 1.29 is 9.53 Å². The van der Waals surface area contributed by atoms with Gasteiger partial charge in [0, 0.05) is 6.08 Å². The molecule has 1 aromatic carbocycles. The molecule has 2 rings (SSSR count). The highest BCUT2D eigenvalue weighted by Crippen LogP contribution is 2.19. The van der Waals surface area contributed by atoms with Crippen LogP contribution < -0.4 is 5.32 Å². The summed E-state index contributed by atoms with van der Waals surface area (Å²) in [6.07, 6.45) is 8.26. The minimum absolute atomic E-state index is 0.319. The van der Waals surface area contributed by atoms with E-state index in [0.717, 1.165) is 17.9 Å². The van der Waals surface area contributed by atoms with Crippen molar-refractivity contribution in [1.29, 1.82) is 0 Å². The molecule has 1 heterocycles. The number of hydrogen-bond donors (Lipinski definition) is 1. The number of ether oxygens (including phenoxy) is 1. The first-order valence-corrected chi connectivity index (χ1v) is 7.33. The van der Waals surface area contributed by atoms with Crippen molar-refractivity contribution in [2.75, 3.05) is 20.2 Å².